The molecule has 0 saturated carbocycles. The number of ether oxygens (including phenoxy) is 1. The van der Waals surface area contributed by atoms with Crippen molar-refractivity contribution < 1.29 is 9.84 Å². The van der Waals surface area contributed by atoms with Gasteiger partial charge in [0.2, 0.25) is 0 Å². The number of benzene rings is 1. The monoisotopic (exact) mass is 279 g/mol. The summed E-state index contributed by atoms with van der Waals surface area (Å²) >= 11 is 0. The van der Waals surface area contributed by atoms with Gasteiger partial charge in [0.05, 0.1) is 13.2 Å². The van der Waals surface area contributed by atoms with Crippen LogP contribution in [0.15, 0.2) is 24.3 Å². The van der Waals surface area contributed by atoms with Gasteiger partial charge in [0, 0.05) is 6.04 Å². The molecule has 20 heavy (non-hydrogen) atoms. The van der Waals surface area contributed by atoms with E-state index in [4.69, 9.17) is 4.74 Å². The number of aliphatic hydroxyl groups excluding tert-OH is 1. The molecule has 1 aromatic carbocycles. The Hall–Kier alpha value is -1.06. The maximum Gasteiger partial charge on any atom is 0.122 e. The summed E-state index contributed by atoms with van der Waals surface area (Å²) in [6.45, 7) is 5.29. The summed E-state index contributed by atoms with van der Waals surface area (Å²) in [5, 5.41) is 9.58. The molecule has 1 aromatic rings. The first-order valence-electron chi connectivity index (χ1n) is 7.58. The van der Waals surface area contributed by atoms with Crippen LogP contribution < -0.4 is 4.74 Å². The Balaban J connectivity index is 2.43. The largest absolute Gasteiger partial charge is 0.496 e. The van der Waals surface area contributed by atoms with Crippen LogP contribution in [0.4, 0.5) is 0 Å². The molecule has 1 N–H and O–H groups in total. The molecular weight excluding hydrogens is 250 g/mol. The van der Waals surface area contributed by atoms with Gasteiger partial charge in [0.1, 0.15) is 5.75 Å². The molecule has 0 aliphatic carbocycles. The molecule has 3 heteroatoms. The molecule has 0 bridgehead atoms. The Morgan fingerprint density at radius 1 is 1.30 bits per heavy atom. The topological polar surface area (TPSA) is 32.7 Å². The molecule has 2 atom stereocenters. The van der Waals surface area contributed by atoms with Gasteiger partial charge in [-0.05, 0) is 57.8 Å². The zero-order valence-corrected chi connectivity index (χ0v) is 13.3. The minimum Gasteiger partial charge on any atom is -0.496 e. The Bertz CT molecular complexity index is 381. The van der Waals surface area contributed by atoms with Gasteiger partial charge in [-0.25, -0.2) is 0 Å². The molecular formula is C17H29NO2. The number of hydrogen-bond acceptors (Lipinski definition) is 3. The summed E-state index contributed by atoms with van der Waals surface area (Å²) in [7, 11) is 3.87. The Labute approximate surface area is 123 Å². The highest BCUT2D eigenvalue weighted by Gasteiger charge is 2.12. The van der Waals surface area contributed by atoms with E-state index in [-0.39, 0.29) is 6.10 Å². The fraction of sp³-hybridized carbons (Fsp3) is 0.647. The molecule has 1 rings (SSSR count). The van der Waals surface area contributed by atoms with E-state index in [0.29, 0.717) is 6.04 Å². The standard InChI is InChI=1S/C17H29NO2/c1-5-16(19)10-8-12-18(3)14(2)13-15-9-6-7-11-17(15)20-4/h6-7,9,11,14,16,19H,5,8,10,12-13H2,1-4H3. The number of hydrogen-bond donors (Lipinski definition) is 1. The quantitative estimate of drug-likeness (QED) is 0.754. The van der Waals surface area contributed by atoms with Gasteiger partial charge in [0.15, 0.2) is 0 Å². The summed E-state index contributed by atoms with van der Waals surface area (Å²) in [4.78, 5) is 2.36. The van der Waals surface area contributed by atoms with E-state index in [9.17, 15) is 5.11 Å². The zero-order chi connectivity index (χ0) is 15.0. The van der Waals surface area contributed by atoms with E-state index in [0.717, 1.165) is 38.0 Å². The smallest absolute Gasteiger partial charge is 0.122 e. The Morgan fingerprint density at radius 2 is 2.00 bits per heavy atom. The van der Waals surface area contributed by atoms with Gasteiger partial charge < -0.3 is 14.7 Å². The second-order valence-corrected chi connectivity index (χ2v) is 5.55. The fourth-order valence-corrected chi connectivity index (χ4v) is 2.35. The van der Waals surface area contributed by atoms with Crippen LogP contribution in [0.25, 0.3) is 0 Å². The number of likely N-dealkylation sites (N-methyl/N-ethyl adjacent to an activating group) is 1. The fourth-order valence-electron chi connectivity index (χ4n) is 2.35. The first-order chi connectivity index (χ1) is 9.58. The lowest BCUT2D eigenvalue weighted by Gasteiger charge is -2.25. The van der Waals surface area contributed by atoms with Crippen LogP contribution in [0.5, 0.6) is 5.75 Å². The summed E-state index contributed by atoms with van der Waals surface area (Å²) in [5.41, 5.74) is 1.25. The van der Waals surface area contributed by atoms with E-state index in [1.54, 1.807) is 7.11 Å². The lowest BCUT2D eigenvalue weighted by molar-refractivity contribution is 0.148. The number of aliphatic hydroxyl groups is 1. The Kier molecular flexibility index (Phi) is 7.63. The van der Waals surface area contributed by atoms with E-state index in [1.807, 2.05) is 19.1 Å². The predicted octanol–water partition coefficient (Wildman–Crippen LogP) is 3.11. The highest BCUT2D eigenvalue weighted by molar-refractivity contribution is 5.33. The molecule has 0 aromatic heterocycles. The number of methoxy groups -OCH3 is 1. The van der Waals surface area contributed by atoms with Crippen molar-refractivity contribution >= 4 is 0 Å². The van der Waals surface area contributed by atoms with Crippen molar-refractivity contribution in [3.8, 4) is 5.75 Å². The number of nitrogens with zero attached hydrogens (tertiary/aromatic N) is 1. The van der Waals surface area contributed by atoms with Crippen LogP contribution in [-0.4, -0.2) is 42.9 Å². The normalized spacial score (nSPS) is 14.3. The summed E-state index contributed by atoms with van der Waals surface area (Å²) in [5.74, 6) is 0.967. The average molecular weight is 279 g/mol. The van der Waals surface area contributed by atoms with Crippen LogP contribution in [0.3, 0.4) is 0 Å². The van der Waals surface area contributed by atoms with Crippen molar-refractivity contribution in [1.82, 2.24) is 4.90 Å². The molecule has 0 aliphatic rings. The van der Waals surface area contributed by atoms with Crippen LogP contribution in [0, 0.1) is 0 Å². The van der Waals surface area contributed by atoms with Gasteiger partial charge >= 0.3 is 0 Å². The lowest BCUT2D eigenvalue weighted by Crippen LogP contribution is -2.32. The van der Waals surface area contributed by atoms with Crippen molar-refractivity contribution in [3.05, 3.63) is 29.8 Å². The summed E-state index contributed by atoms with van der Waals surface area (Å²) in [6.07, 6.45) is 3.62. The van der Waals surface area contributed by atoms with E-state index < -0.39 is 0 Å². The molecule has 0 aliphatic heterocycles. The summed E-state index contributed by atoms with van der Waals surface area (Å²) < 4.78 is 5.40. The third-order valence-electron chi connectivity index (χ3n) is 3.98. The van der Waals surface area contributed by atoms with Crippen LogP contribution in [-0.2, 0) is 6.42 Å². The van der Waals surface area contributed by atoms with Crippen molar-refractivity contribution in [1.29, 1.82) is 0 Å². The Morgan fingerprint density at radius 3 is 2.65 bits per heavy atom. The SMILES string of the molecule is CCC(O)CCCN(C)C(C)Cc1ccccc1OC. The molecule has 0 fully saturated rings. The first kappa shape index (κ1) is 17.0. The van der Waals surface area contributed by atoms with Gasteiger partial charge in [-0.15, -0.1) is 0 Å². The van der Waals surface area contributed by atoms with Crippen LogP contribution in [0.1, 0.15) is 38.7 Å². The van der Waals surface area contributed by atoms with Gasteiger partial charge in [-0.2, -0.15) is 0 Å². The maximum absolute atomic E-state index is 9.58. The first-order valence-corrected chi connectivity index (χ1v) is 7.58. The highest BCUT2D eigenvalue weighted by atomic mass is 16.5. The minimum atomic E-state index is -0.145. The molecule has 0 spiro atoms. The molecule has 2 unspecified atom stereocenters. The highest BCUT2D eigenvalue weighted by Crippen LogP contribution is 2.20. The van der Waals surface area contributed by atoms with E-state index in [1.165, 1.54) is 5.56 Å². The number of rotatable bonds is 9. The predicted molar refractivity (Wildman–Crippen MR) is 84.3 cm³/mol. The molecule has 0 heterocycles. The van der Waals surface area contributed by atoms with Crippen molar-refractivity contribution in [2.24, 2.45) is 0 Å². The zero-order valence-electron chi connectivity index (χ0n) is 13.3. The maximum atomic E-state index is 9.58. The van der Waals surface area contributed by atoms with E-state index >= 15 is 0 Å². The van der Waals surface area contributed by atoms with Gasteiger partial charge in [-0.1, -0.05) is 25.1 Å². The van der Waals surface area contributed by atoms with Gasteiger partial charge in [-0.3, -0.25) is 0 Å². The minimum absolute atomic E-state index is 0.145. The van der Waals surface area contributed by atoms with Crippen molar-refractivity contribution in [3.63, 3.8) is 0 Å². The molecule has 0 amide bonds. The lowest BCUT2D eigenvalue weighted by atomic mass is 10.0. The third-order valence-corrected chi connectivity index (χ3v) is 3.98. The third kappa shape index (κ3) is 5.51. The van der Waals surface area contributed by atoms with Crippen LogP contribution in [0.2, 0.25) is 0 Å². The van der Waals surface area contributed by atoms with Crippen LogP contribution >= 0.6 is 0 Å². The molecule has 114 valence electrons. The van der Waals surface area contributed by atoms with Crippen molar-refractivity contribution in [2.45, 2.75) is 51.7 Å². The van der Waals surface area contributed by atoms with E-state index in [2.05, 4.69) is 31.0 Å². The molecule has 0 radical (unpaired) electrons. The average Bonchev–Trinajstić information content (AvgIpc) is 2.47. The summed E-state index contributed by atoms with van der Waals surface area (Å²) in [6, 6.07) is 8.67. The second kappa shape index (κ2) is 8.98. The molecule has 3 nitrogen and oxygen atoms in total. The second-order valence-electron chi connectivity index (χ2n) is 5.55. The van der Waals surface area contributed by atoms with Crippen molar-refractivity contribution in [2.75, 3.05) is 20.7 Å². The molecule has 0 saturated heterocycles. The number of para-hydroxylation sites is 1. The van der Waals surface area contributed by atoms with Gasteiger partial charge in [0.25, 0.3) is 0 Å².